The first-order valence-electron chi connectivity index (χ1n) is 8.01. The Morgan fingerprint density at radius 2 is 1.76 bits per heavy atom. The summed E-state index contributed by atoms with van der Waals surface area (Å²) in [6.45, 7) is 2.09. The zero-order valence-electron chi connectivity index (χ0n) is 13.7. The van der Waals surface area contributed by atoms with Gasteiger partial charge in [-0.2, -0.15) is 0 Å². The fourth-order valence-electron chi connectivity index (χ4n) is 2.73. The highest BCUT2D eigenvalue weighted by Crippen LogP contribution is 2.32. The van der Waals surface area contributed by atoms with Crippen molar-refractivity contribution in [3.8, 4) is 0 Å². The molecule has 2 heterocycles. The molecular formula is C20H16ClN3S. The molecule has 0 bridgehead atoms. The topological polar surface area (TPSA) is 37.8 Å². The van der Waals surface area contributed by atoms with Crippen molar-refractivity contribution in [3.63, 3.8) is 0 Å². The average molecular weight is 366 g/mol. The summed E-state index contributed by atoms with van der Waals surface area (Å²) < 4.78 is 0. The largest absolute Gasteiger partial charge is 0.338 e. The van der Waals surface area contributed by atoms with Gasteiger partial charge in [0.05, 0.1) is 16.1 Å². The van der Waals surface area contributed by atoms with Crippen LogP contribution in [0, 0.1) is 6.92 Å². The van der Waals surface area contributed by atoms with Gasteiger partial charge in [0.15, 0.2) is 0 Å². The zero-order valence-corrected chi connectivity index (χ0v) is 15.2. The molecule has 1 N–H and O–H groups in total. The van der Waals surface area contributed by atoms with Crippen molar-refractivity contribution in [1.82, 2.24) is 9.97 Å². The van der Waals surface area contributed by atoms with Crippen LogP contribution in [0.4, 0.5) is 11.5 Å². The van der Waals surface area contributed by atoms with Gasteiger partial charge in [-0.3, -0.25) is 0 Å². The van der Waals surface area contributed by atoms with Crippen LogP contribution in [0.1, 0.15) is 16.3 Å². The van der Waals surface area contributed by atoms with Gasteiger partial charge in [0.2, 0.25) is 0 Å². The van der Waals surface area contributed by atoms with Crippen molar-refractivity contribution >= 4 is 44.7 Å². The van der Waals surface area contributed by atoms with Gasteiger partial charge >= 0.3 is 0 Å². The van der Waals surface area contributed by atoms with E-state index in [1.54, 1.807) is 11.3 Å². The number of para-hydroxylation sites is 1. The van der Waals surface area contributed by atoms with Crippen LogP contribution in [0.25, 0.3) is 10.2 Å². The molecule has 0 atom stereocenters. The van der Waals surface area contributed by atoms with Gasteiger partial charge in [-0.15, -0.1) is 11.3 Å². The van der Waals surface area contributed by atoms with Gasteiger partial charge in [-0.05, 0) is 30.7 Å². The minimum atomic E-state index is 0.672. The first-order valence-corrected chi connectivity index (χ1v) is 9.21. The number of aromatic nitrogens is 2. The molecule has 0 spiro atoms. The highest BCUT2D eigenvalue weighted by molar-refractivity contribution is 7.18. The lowest BCUT2D eigenvalue weighted by atomic mass is 10.1. The SMILES string of the molecule is Cc1cc2c(Nc3ccccc3Cl)nc(Cc3ccccc3)nc2s1. The molecule has 0 radical (unpaired) electrons. The maximum atomic E-state index is 6.30. The van der Waals surface area contributed by atoms with Gasteiger partial charge in [-0.1, -0.05) is 54.1 Å². The monoisotopic (exact) mass is 365 g/mol. The number of thiophene rings is 1. The van der Waals surface area contributed by atoms with Crippen LogP contribution < -0.4 is 5.32 Å². The number of benzene rings is 2. The van der Waals surface area contributed by atoms with E-state index in [2.05, 4.69) is 30.4 Å². The summed E-state index contributed by atoms with van der Waals surface area (Å²) in [5.74, 6) is 1.60. The third-order valence-corrected chi connectivity index (χ3v) is 5.17. The molecule has 5 heteroatoms. The van der Waals surface area contributed by atoms with Gasteiger partial charge in [-0.25, -0.2) is 9.97 Å². The Morgan fingerprint density at radius 1 is 1.00 bits per heavy atom. The fraction of sp³-hybridized carbons (Fsp3) is 0.100. The molecule has 3 nitrogen and oxygen atoms in total. The first-order chi connectivity index (χ1) is 12.2. The van der Waals surface area contributed by atoms with E-state index in [1.165, 1.54) is 10.4 Å². The maximum absolute atomic E-state index is 6.30. The van der Waals surface area contributed by atoms with Gasteiger partial charge in [0.25, 0.3) is 0 Å². The van der Waals surface area contributed by atoms with E-state index in [1.807, 2.05) is 42.5 Å². The summed E-state index contributed by atoms with van der Waals surface area (Å²) in [6.07, 6.45) is 0.699. The third kappa shape index (κ3) is 3.50. The summed E-state index contributed by atoms with van der Waals surface area (Å²) >= 11 is 7.98. The van der Waals surface area contributed by atoms with E-state index in [0.717, 1.165) is 27.5 Å². The molecule has 0 saturated heterocycles. The van der Waals surface area contributed by atoms with Gasteiger partial charge < -0.3 is 5.32 Å². The molecular weight excluding hydrogens is 350 g/mol. The smallest absolute Gasteiger partial charge is 0.142 e. The Kier molecular flexibility index (Phi) is 4.38. The fourth-order valence-corrected chi connectivity index (χ4v) is 3.81. The molecule has 0 unspecified atom stereocenters. The number of fused-ring (bicyclic) bond motifs is 1. The summed E-state index contributed by atoms with van der Waals surface area (Å²) in [6, 6.07) is 20.1. The zero-order chi connectivity index (χ0) is 17.2. The van der Waals surface area contributed by atoms with Crippen LogP contribution in [0.15, 0.2) is 60.7 Å². The summed E-state index contributed by atoms with van der Waals surface area (Å²) in [5, 5.41) is 5.08. The predicted molar refractivity (Wildman–Crippen MR) is 106 cm³/mol. The van der Waals surface area contributed by atoms with Crippen molar-refractivity contribution in [3.05, 3.63) is 82.0 Å². The molecule has 0 saturated carbocycles. The molecule has 2 aromatic heterocycles. The highest BCUT2D eigenvalue weighted by Gasteiger charge is 2.12. The van der Waals surface area contributed by atoms with Crippen LogP contribution in [0.3, 0.4) is 0 Å². The molecule has 0 aliphatic rings. The molecule has 4 rings (SSSR count). The van der Waals surface area contributed by atoms with E-state index >= 15 is 0 Å². The molecule has 0 aliphatic heterocycles. The van der Waals surface area contributed by atoms with Crippen molar-refractivity contribution in [1.29, 1.82) is 0 Å². The Morgan fingerprint density at radius 3 is 2.56 bits per heavy atom. The lowest BCUT2D eigenvalue weighted by Crippen LogP contribution is -2.02. The molecule has 0 fully saturated rings. The number of hydrogen-bond donors (Lipinski definition) is 1. The average Bonchev–Trinajstić information content (AvgIpc) is 2.98. The lowest BCUT2D eigenvalue weighted by molar-refractivity contribution is 1.000. The minimum absolute atomic E-state index is 0.672. The Balaban J connectivity index is 1.77. The van der Waals surface area contributed by atoms with E-state index in [4.69, 9.17) is 21.6 Å². The van der Waals surface area contributed by atoms with Crippen LogP contribution in [-0.2, 0) is 6.42 Å². The van der Waals surface area contributed by atoms with Crippen LogP contribution in [0.5, 0.6) is 0 Å². The number of anilines is 2. The number of aryl methyl sites for hydroxylation is 1. The second kappa shape index (κ2) is 6.82. The predicted octanol–water partition coefficient (Wildman–Crippen LogP) is 5.99. The molecule has 0 aliphatic carbocycles. The number of hydrogen-bond acceptors (Lipinski definition) is 4. The van der Waals surface area contributed by atoms with Gasteiger partial charge in [0.1, 0.15) is 16.5 Å². The summed E-state index contributed by atoms with van der Waals surface area (Å²) in [5.41, 5.74) is 2.04. The first kappa shape index (κ1) is 16.1. The van der Waals surface area contributed by atoms with E-state index in [-0.39, 0.29) is 0 Å². The van der Waals surface area contributed by atoms with Crippen LogP contribution >= 0.6 is 22.9 Å². The molecule has 124 valence electrons. The Labute approximate surface area is 155 Å². The van der Waals surface area contributed by atoms with Crippen molar-refractivity contribution in [2.24, 2.45) is 0 Å². The Hall–Kier alpha value is -2.43. The summed E-state index contributed by atoms with van der Waals surface area (Å²) in [4.78, 5) is 11.7. The number of rotatable bonds is 4. The second-order valence-electron chi connectivity index (χ2n) is 5.83. The quantitative estimate of drug-likeness (QED) is 0.482. The number of nitrogens with zero attached hydrogens (tertiary/aromatic N) is 2. The standard InChI is InChI=1S/C20H16ClN3S/c1-13-11-15-19(22-17-10-6-5-9-16(17)21)23-18(24-20(15)25-13)12-14-7-3-2-4-8-14/h2-11H,12H2,1H3,(H,22,23,24). The number of halogens is 1. The molecule has 0 amide bonds. The molecule has 25 heavy (non-hydrogen) atoms. The van der Waals surface area contributed by atoms with Crippen molar-refractivity contribution in [2.45, 2.75) is 13.3 Å². The van der Waals surface area contributed by atoms with Gasteiger partial charge in [0, 0.05) is 11.3 Å². The number of nitrogens with one attached hydrogen (secondary N) is 1. The molecule has 4 aromatic rings. The van der Waals surface area contributed by atoms with E-state index in [9.17, 15) is 0 Å². The minimum Gasteiger partial charge on any atom is -0.338 e. The normalized spacial score (nSPS) is 11.0. The summed E-state index contributed by atoms with van der Waals surface area (Å²) in [7, 11) is 0. The van der Waals surface area contributed by atoms with Crippen LogP contribution in [-0.4, -0.2) is 9.97 Å². The maximum Gasteiger partial charge on any atom is 0.142 e. The highest BCUT2D eigenvalue weighted by atomic mass is 35.5. The molecule has 2 aromatic carbocycles. The van der Waals surface area contributed by atoms with Crippen molar-refractivity contribution in [2.75, 3.05) is 5.32 Å². The van der Waals surface area contributed by atoms with Crippen molar-refractivity contribution < 1.29 is 0 Å². The van der Waals surface area contributed by atoms with E-state index < -0.39 is 0 Å². The second-order valence-corrected chi connectivity index (χ2v) is 7.47. The Bertz CT molecular complexity index is 1030. The van der Waals surface area contributed by atoms with E-state index in [0.29, 0.717) is 11.4 Å². The third-order valence-electron chi connectivity index (χ3n) is 3.89. The van der Waals surface area contributed by atoms with Crippen LogP contribution in [0.2, 0.25) is 5.02 Å². The lowest BCUT2D eigenvalue weighted by Gasteiger charge is -2.10.